The van der Waals surface area contributed by atoms with E-state index in [2.05, 4.69) is 93.7 Å². The summed E-state index contributed by atoms with van der Waals surface area (Å²) in [7, 11) is 0. The number of aromatic nitrogens is 2. The van der Waals surface area contributed by atoms with Gasteiger partial charge in [0.2, 0.25) is 10.9 Å². The molecule has 15 aromatic rings. The number of benzene rings is 9. The first-order valence-electron chi connectivity index (χ1n) is 20.8. The van der Waals surface area contributed by atoms with E-state index in [0.717, 1.165) is 44.3 Å². The quantitative estimate of drug-likeness (QED) is 0.164. The van der Waals surface area contributed by atoms with E-state index in [4.69, 9.17) is 8.83 Å². The van der Waals surface area contributed by atoms with E-state index in [1.54, 1.807) is 0 Å². The SMILES string of the molecule is O=c1c2ccccc2oc2cc(-c3ccc4c(c3)c3c5c6ccccc6n6c7ccc(-c8ccc9c(=O)c%10ccccc%10oc9c8)cc7c(c7c8ccccc8n4c73)c56)ccc12. The van der Waals surface area contributed by atoms with E-state index in [-0.39, 0.29) is 10.9 Å². The van der Waals surface area contributed by atoms with Gasteiger partial charge in [0.1, 0.15) is 22.3 Å². The van der Waals surface area contributed by atoms with Crippen LogP contribution in [0.1, 0.15) is 0 Å². The molecule has 0 atom stereocenters. The third-order valence-corrected chi connectivity index (χ3v) is 13.6. The number of hydrogen-bond donors (Lipinski definition) is 0. The normalized spacial score (nSPS) is 12.6. The first-order valence-corrected chi connectivity index (χ1v) is 20.8. The summed E-state index contributed by atoms with van der Waals surface area (Å²) >= 11 is 0. The third kappa shape index (κ3) is 3.90. The van der Waals surface area contributed by atoms with Crippen LogP contribution in [0.2, 0.25) is 0 Å². The second-order valence-electron chi connectivity index (χ2n) is 16.6. The van der Waals surface area contributed by atoms with Crippen molar-refractivity contribution in [1.29, 1.82) is 0 Å². The van der Waals surface area contributed by atoms with Crippen LogP contribution in [-0.2, 0) is 0 Å². The molecule has 6 nitrogen and oxygen atoms in total. The highest BCUT2D eigenvalue weighted by Gasteiger charge is 2.29. The lowest BCUT2D eigenvalue weighted by Crippen LogP contribution is -2.01. The Morgan fingerprint density at radius 1 is 0.290 bits per heavy atom. The van der Waals surface area contributed by atoms with Crippen LogP contribution in [-0.4, -0.2) is 8.80 Å². The molecule has 0 saturated heterocycles. The fourth-order valence-electron chi connectivity index (χ4n) is 10.9. The molecule has 0 fully saturated rings. The molecule has 6 aromatic heterocycles. The highest BCUT2D eigenvalue weighted by atomic mass is 16.3. The van der Waals surface area contributed by atoms with Gasteiger partial charge in [-0.2, -0.15) is 0 Å². The molecule has 6 heteroatoms. The maximum atomic E-state index is 13.5. The summed E-state index contributed by atoms with van der Waals surface area (Å²) in [6.07, 6.45) is 0. The molecule has 286 valence electrons. The van der Waals surface area contributed by atoms with Gasteiger partial charge < -0.3 is 17.6 Å². The lowest BCUT2D eigenvalue weighted by molar-refractivity contribution is 0.659. The summed E-state index contributed by atoms with van der Waals surface area (Å²) in [5.74, 6) is 0. The maximum absolute atomic E-state index is 13.5. The van der Waals surface area contributed by atoms with Gasteiger partial charge in [-0.1, -0.05) is 84.9 Å². The first-order chi connectivity index (χ1) is 30.6. The summed E-state index contributed by atoms with van der Waals surface area (Å²) in [6, 6.07) is 57.8. The van der Waals surface area contributed by atoms with Crippen molar-refractivity contribution in [2.24, 2.45) is 0 Å². The Hall–Kier alpha value is -8.48. The Morgan fingerprint density at radius 3 is 1.10 bits per heavy atom. The second-order valence-corrected chi connectivity index (χ2v) is 16.6. The number of nitrogens with zero attached hydrogens (tertiary/aromatic N) is 2. The van der Waals surface area contributed by atoms with E-state index >= 15 is 0 Å². The van der Waals surface area contributed by atoms with E-state index < -0.39 is 0 Å². The van der Waals surface area contributed by atoms with Crippen molar-refractivity contribution in [3.8, 4) is 22.3 Å². The molecule has 0 radical (unpaired) electrons. The topological polar surface area (TPSA) is 69.2 Å². The highest BCUT2D eigenvalue weighted by Crippen LogP contribution is 2.52. The van der Waals surface area contributed by atoms with E-state index in [1.165, 1.54) is 54.1 Å². The van der Waals surface area contributed by atoms with Gasteiger partial charge in [0.15, 0.2) is 0 Å². The Morgan fingerprint density at radius 2 is 0.629 bits per heavy atom. The third-order valence-electron chi connectivity index (χ3n) is 13.6. The molecule has 6 heterocycles. The van der Waals surface area contributed by atoms with Gasteiger partial charge in [-0.25, -0.2) is 0 Å². The van der Waals surface area contributed by atoms with Gasteiger partial charge >= 0.3 is 0 Å². The summed E-state index contributed by atoms with van der Waals surface area (Å²) < 4.78 is 17.6. The van der Waals surface area contributed by atoms with Crippen LogP contribution in [0.5, 0.6) is 0 Å². The Bertz CT molecular complexity index is 4330. The highest BCUT2D eigenvalue weighted by molar-refractivity contribution is 6.45. The van der Waals surface area contributed by atoms with Crippen LogP contribution in [0.15, 0.2) is 188 Å². The Labute approximate surface area is 348 Å². The molecular formula is C56H28N2O4. The average molecular weight is 793 g/mol. The van der Waals surface area contributed by atoms with Crippen LogP contribution >= 0.6 is 0 Å². The van der Waals surface area contributed by atoms with Gasteiger partial charge in [0, 0.05) is 43.1 Å². The van der Waals surface area contributed by atoms with Crippen molar-refractivity contribution in [3.63, 3.8) is 0 Å². The van der Waals surface area contributed by atoms with Crippen LogP contribution < -0.4 is 10.9 Å². The lowest BCUT2D eigenvalue weighted by Gasteiger charge is -2.07. The molecule has 0 bridgehead atoms. The fraction of sp³-hybridized carbons (Fsp3) is 0. The molecule has 0 spiro atoms. The van der Waals surface area contributed by atoms with Gasteiger partial charge in [0.05, 0.1) is 54.6 Å². The van der Waals surface area contributed by atoms with Crippen molar-refractivity contribution in [3.05, 3.63) is 190 Å². The van der Waals surface area contributed by atoms with Crippen LogP contribution in [0.3, 0.4) is 0 Å². The molecular weight excluding hydrogens is 765 g/mol. The monoisotopic (exact) mass is 792 g/mol. The van der Waals surface area contributed by atoms with Gasteiger partial charge in [-0.05, 0) is 107 Å². The van der Waals surface area contributed by atoms with E-state index in [9.17, 15) is 9.59 Å². The molecule has 9 aromatic carbocycles. The van der Waals surface area contributed by atoms with Crippen LogP contribution in [0, 0.1) is 0 Å². The number of para-hydroxylation sites is 4. The largest absolute Gasteiger partial charge is 0.456 e. The van der Waals surface area contributed by atoms with E-state index in [1.807, 2.05) is 84.9 Å². The number of hydrogen-bond acceptors (Lipinski definition) is 4. The molecule has 62 heavy (non-hydrogen) atoms. The predicted molar refractivity (Wildman–Crippen MR) is 254 cm³/mol. The molecule has 0 aliphatic rings. The van der Waals surface area contributed by atoms with Crippen molar-refractivity contribution in [2.75, 3.05) is 0 Å². The minimum absolute atomic E-state index is 0.0205. The Balaban J connectivity index is 1.05. The molecule has 0 aliphatic heterocycles. The lowest BCUT2D eigenvalue weighted by atomic mass is 9.95. The molecule has 0 unspecified atom stereocenters. The fourth-order valence-corrected chi connectivity index (χ4v) is 10.9. The number of fused-ring (bicyclic) bond motifs is 18. The minimum atomic E-state index is -0.0205. The number of rotatable bonds is 2. The summed E-state index contributed by atoms with van der Waals surface area (Å²) in [5, 5.41) is 12.0. The minimum Gasteiger partial charge on any atom is -0.456 e. The van der Waals surface area contributed by atoms with Crippen LogP contribution in [0.4, 0.5) is 0 Å². The maximum Gasteiger partial charge on any atom is 0.200 e. The molecule has 15 rings (SSSR count). The summed E-state index contributed by atoms with van der Waals surface area (Å²) in [4.78, 5) is 26.9. The Kier molecular flexibility index (Phi) is 5.85. The van der Waals surface area contributed by atoms with Gasteiger partial charge in [-0.15, -0.1) is 0 Å². The molecule has 0 aliphatic carbocycles. The predicted octanol–water partition coefficient (Wildman–Crippen LogP) is 13.8. The van der Waals surface area contributed by atoms with Crippen molar-refractivity contribution < 1.29 is 8.83 Å². The van der Waals surface area contributed by atoms with Crippen LogP contribution in [0.25, 0.3) is 142 Å². The van der Waals surface area contributed by atoms with Crippen molar-refractivity contribution in [1.82, 2.24) is 8.80 Å². The molecule has 0 saturated carbocycles. The molecule has 0 N–H and O–H groups in total. The first kappa shape index (κ1) is 32.4. The zero-order valence-electron chi connectivity index (χ0n) is 32.7. The zero-order valence-corrected chi connectivity index (χ0v) is 32.7. The zero-order chi connectivity index (χ0) is 40.5. The molecule has 0 amide bonds. The second kappa shape index (κ2) is 11.2. The summed E-state index contributed by atoms with van der Waals surface area (Å²) in [5.41, 5.74) is 13.4. The van der Waals surface area contributed by atoms with Crippen molar-refractivity contribution >= 4 is 120 Å². The smallest absolute Gasteiger partial charge is 0.200 e. The van der Waals surface area contributed by atoms with E-state index in [0.29, 0.717) is 43.9 Å². The van der Waals surface area contributed by atoms with Gasteiger partial charge in [-0.3, -0.25) is 9.59 Å². The van der Waals surface area contributed by atoms with Gasteiger partial charge in [0.25, 0.3) is 0 Å². The van der Waals surface area contributed by atoms with Crippen molar-refractivity contribution in [2.45, 2.75) is 0 Å². The average Bonchev–Trinajstić information content (AvgIpc) is 4.04. The summed E-state index contributed by atoms with van der Waals surface area (Å²) in [6.45, 7) is 0. The standard InChI is InChI=1S/C56H28N2O4/c59-55-35-11-3-7-15-45(35)61-47-27-31(17-21-37(47)55)29-20-24-44-39(25-29)51-49-33-9-1-5-13-41(33)57-43-23-19-30(32-18-22-38-48(28-32)62-46-16-8-4-12-36(46)56(38)60)26-40(43)52(53(49)57)50-34-10-2-6-14-42(34)58(44)54(50)51/h1-28H.